The highest BCUT2D eigenvalue weighted by atomic mass is 19.4. The summed E-state index contributed by atoms with van der Waals surface area (Å²) in [6.07, 6.45) is 6.07. The van der Waals surface area contributed by atoms with Crippen LogP contribution in [0, 0.1) is 17.8 Å². The standard InChI is InChI=1S/C26H32F3N5O2/c27-26(28,29)22-11-20(21-2-1-7-36-21)31-23-19(15-30-34(22)23)24(35)32-3-5-33(6-4-32)25-12-16-8-17(13-25)10-18(9-16)14-25/h1-2,7,15-18,20,22,31H,3-6,8-14H2. The summed E-state index contributed by atoms with van der Waals surface area (Å²) < 4.78 is 48.1. The number of nitrogens with one attached hydrogen (secondary N) is 1. The lowest BCUT2D eigenvalue weighted by Crippen LogP contribution is -2.64. The fraction of sp³-hybridized carbons (Fsp3) is 0.692. The van der Waals surface area contributed by atoms with E-state index in [1.54, 1.807) is 17.0 Å². The molecule has 4 saturated carbocycles. The number of alkyl halides is 3. The van der Waals surface area contributed by atoms with Crippen LogP contribution in [-0.2, 0) is 0 Å². The minimum atomic E-state index is -4.49. The molecule has 5 fully saturated rings. The molecule has 1 N–H and O–H groups in total. The molecule has 6 aliphatic rings. The smallest absolute Gasteiger partial charge is 0.410 e. The molecule has 2 atom stereocenters. The first-order valence-electron chi connectivity index (χ1n) is 13.3. The number of hydrogen-bond acceptors (Lipinski definition) is 5. The average Bonchev–Trinajstić information content (AvgIpc) is 3.52. The van der Waals surface area contributed by atoms with Crippen molar-refractivity contribution in [3.63, 3.8) is 0 Å². The van der Waals surface area contributed by atoms with Gasteiger partial charge in [-0.1, -0.05) is 0 Å². The molecule has 2 aromatic rings. The van der Waals surface area contributed by atoms with Gasteiger partial charge in [0, 0.05) is 38.1 Å². The Kier molecular flexibility index (Phi) is 5.04. The SMILES string of the molecule is O=C(c1cnn2c1NC(c1ccco1)CC2C(F)(F)F)N1CCN(C23CC4CC(CC(C4)C2)C3)CC1. The average molecular weight is 504 g/mol. The van der Waals surface area contributed by atoms with E-state index in [1.807, 2.05) is 0 Å². The number of nitrogens with zero attached hydrogens (tertiary/aromatic N) is 4. The monoisotopic (exact) mass is 503 g/mol. The molecule has 2 unspecified atom stereocenters. The first-order chi connectivity index (χ1) is 17.3. The van der Waals surface area contributed by atoms with E-state index in [-0.39, 0.29) is 23.7 Å². The van der Waals surface area contributed by atoms with Gasteiger partial charge in [-0.2, -0.15) is 18.3 Å². The molecule has 0 radical (unpaired) electrons. The van der Waals surface area contributed by atoms with Crippen LogP contribution in [-0.4, -0.2) is 63.4 Å². The number of amides is 1. The highest BCUT2D eigenvalue weighted by Crippen LogP contribution is 2.58. The van der Waals surface area contributed by atoms with Crippen molar-refractivity contribution in [2.24, 2.45) is 17.8 Å². The van der Waals surface area contributed by atoms with E-state index < -0.39 is 18.3 Å². The van der Waals surface area contributed by atoms with E-state index in [0.29, 0.717) is 24.4 Å². The summed E-state index contributed by atoms with van der Waals surface area (Å²) in [5.41, 5.74) is 0.502. The van der Waals surface area contributed by atoms with Crippen molar-refractivity contribution in [3.05, 3.63) is 35.9 Å². The van der Waals surface area contributed by atoms with Crippen LogP contribution in [0.2, 0.25) is 0 Å². The minimum Gasteiger partial charge on any atom is -0.467 e. The number of rotatable bonds is 3. The van der Waals surface area contributed by atoms with E-state index in [1.165, 1.54) is 51.0 Å². The third kappa shape index (κ3) is 3.58. The number of anilines is 1. The first-order valence-corrected chi connectivity index (χ1v) is 13.3. The van der Waals surface area contributed by atoms with E-state index in [0.717, 1.165) is 35.5 Å². The molecule has 4 aliphatic carbocycles. The Morgan fingerprint density at radius 1 is 1.03 bits per heavy atom. The molecule has 8 rings (SSSR count). The van der Waals surface area contributed by atoms with Crippen molar-refractivity contribution in [1.29, 1.82) is 0 Å². The molecule has 4 bridgehead atoms. The zero-order chi connectivity index (χ0) is 24.7. The van der Waals surface area contributed by atoms with Crippen LogP contribution in [0.25, 0.3) is 0 Å². The van der Waals surface area contributed by atoms with Gasteiger partial charge in [0.25, 0.3) is 5.91 Å². The summed E-state index contributed by atoms with van der Waals surface area (Å²) in [5, 5.41) is 7.14. The quantitative estimate of drug-likeness (QED) is 0.648. The van der Waals surface area contributed by atoms with Gasteiger partial charge in [-0.15, -0.1) is 0 Å². The van der Waals surface area contributed by atoms with Crippen molar-refractivity contribution < 1.29 is 22.4 Å². The molecule has 7 nitrogen and oxygen atoms in total. The van der Waals surface area contributed by atoms with Gasteiger partial charge in [0.2, 0.25) is 0 Å². The lowest BCUT2D eigenvalue weighted by atomic mass is 9.52. The number of piperazine rings is 1. The summed E-state index contributed by atoms with van der Waals surface area (Å²) >= 11 is 0. The van der Waals surface area contributed by atoms with Gasteiger partial charge in [0.15, 0.2) is 6.04 Å². The third-order valence-electron chi connectivity index (χ3n) is 9.60. The predicted octanol–water partition coefficient (Wildman–Crippen LogP) is 4.86. The fourth-order valence-electron chi connectivity index (χ4n) is 8.40. The number of fused-ring (bicyclic) bond motifs is 1. The van der Waals surface area contributed by atoms with Crippen molar-refractivity contribution in [1.82, 2.24) is 19.6 Å². The van der Waals surface area contributed by atoms with E-state index in [9.17, 15) is 18.0 Å². The molecule has 36 heavy (non-hydrogen) atoms. The van der Waals surface area contributed by atoms with Gasteiger partial charge in [0.1, 0.15) is 17.1 Å². The van der Waals surface area contributed by atoms with Gasteiger partial charge >= 0.3 is 6.18 Å². The van der Waals surface area contributed by atoms with Crippen LogP contribution >= 0.6 is 0 Å². The van der Waals surface area contributed by atoms with E-state index >= 15 is 0 Å². The second kappa shape index (κ2) is 8.00. The van der Waals surface area contributed by atoms with Crippen LogP contribution in [0.15, 0.2) is 29.0 Å². The van der Waals surface area contributed by atoms with Crippen LogP contribution in [0.3, 0.4) is 0 Å². The van der Waals surface area contributed by atoms with Gasteiger partial charge in [0.05, 0.1) is 18.5 Å². The number of carbonyl (C=O) groups is 1. The van der Waals surface area contributed by atoms with Gasteiger partial charge < -0.3 is 14.6 Å². The molecule has 2 aliphatic heterocycles. The van der Waals surface area contributed by atoms with Gasteiger partial charge in [-0.25, -0.2) is 4.68 Å². The number of hydrogen-bond donors (Lipinski definition) is 1. The Labute approximate surface area is 208 Å². The van der Waals surface area contributed by atoms with Crippen molar-refractivity contribution in [3.8, 4) is 0 Å². The van der Waals surface area contributed by atoms with Crippen molar-refractivity contribution in [2.45, 2.75) is 68.7 Å². The molecule has 0 spiro atoms. The van der Waals surface area contributed by atoms with Gasteiger partial charge in [-0.05, 0) is 68.4 Å². The Bertz CT molecular complexity index is 1100. The number of furan rings is 1. The van der Waals surface area contributed by atoms with Crippen LogP contribution in [0.4, 0.5) is 19.0 Å². The predicted molar refractivity (Wildman–Crippen MR) is 125 cm³/mol. The maximum absolute atomic E-state index is 13.9. The Hall–Kier alpha value is -2.49. The van der Waals surface area contributed by atoms with Crippen molar-refractivity contribution >= 4 is 11.7 Å². The molecule has 194 valence electrons. The Morgan fingerprint density at radius 3 is 2.28 bits per heavy atom. The van der Waals surface area contributed by atoms with E-state index in [4.69, 9.17) is 4.42 Å². The summed E-state index contributed by atoms with van der Waals surface area (Å²) in [6, 6.07) is 0.803. The molecular weight excluding hydrogens is 471 g/mol. The van der Waals surface area contributed by atoms with Gasteiger partial charge in [-0.3, -0.25) is 9.69 Å². The highest BCUT2D eigenvalue weighted by molar-refractivity contribution is 5.99. The van der Waals surface area contributed by atoms with Crippen LogP contribution < -0.4 is 5.32 Å². The second-order valence-corrected chi connectivity index (χ2v) is 11.8. The van der Waals surface area contributed by atoms with Crippen molar-refractivity contribution in [2.75, 3.05) is 31.5 Å². The molecule has 2 aromatic heterocycles. The molecule has 1 amide bonds. The third-order valence-corrected chi connectivity index (χ3v) is 9.60. The summed E-state index contributed by atoms with van der Waals surface area (Å²) in [5.74, 6) is 2.88. The zero-order valence-electron chi connectivity index (χ0n) is 20.2. The van der Waals surface area contributed by atoms with Crippen LogP contribution in [0.1, 0.15) is 73.1 Å². The van der Waals surface area contributed by atoms with E-state index in [2.05, 4.69) is 15.3 Å². The topological polar surface area (TPSA) is 66.5 Å². The Balaban J connectivity index is 1.09. The summed E-state index contributed by atoms with van der Waals surface area (Å²) in [7, 11) is 0. The second-order valence-electron chi connectivity index (χ2n) is 11.8. The Morgan fingerprint density at radius 2 is 1.69 bits per heavy atom. The zero-order valence-corrected chi connectivity index (χ0v) is 20.2. The number of carbonyl (C=O) groups excluding carboxylic acids is 1. The minimum absolute atomic E-state index is 0.124. The first kappa shape index (κ1) is 22.7. The highest BCUT2D eigenvalue weighted by Gasteiger charge is 2.54. The number of aromatic nitrogens is 2. The normalized spacial score (nSPS) is 36.1. The lowest BCUT2D eigenvalue weighted by molar-refractivity contribution is -0.174. The molecular formula is C26H32F3N5O2. The largest absolute Gasteiger partial charge is 0.467 e. The fourth-order valence-corrected chi connectivity index (χ4v) is 8.40. The maximum Gasteiger partial charge on any atom is 0.410 e. The maximum atomic E-state index is 13.9. The summed E-state index contributed by atoms with van der Waals surface area (Å²) in [4.78, 5) is 18.0. The molecule has 1 saturated heterocycles. The molecule has 0 aromatic carbocycles. The molecule has 4 heterocycles. The lowest BCUT2D eigenvalue weighted by Gasteiger charge is -2.61. The summed E-state index contributed by atoms with van der Waals surface area (Å²) in [6.45, 7) is 2.84. The number of halogens is 3. The van der Waals surface area contributed by atoms with Crippen LogP contribution in [0.5, 0.6) is 0 Å². The molecule has 10 heteroatoms.